The fourth-order valence-electron chi connectivity index (χ4n) is 3.19. The van der Waals surface area contributed by atoms with Crippen LogP contribution in [-0.4, -0.2) is 25.2 Å². The van der Waals surface area contributed by atoms with Crippen LogP contribution in [0.4, 0.5) is 0 Å². The van der Waals surface area contributed by atoms with Gasteiger partial charge in [-0.1, -0.05) is 34.1 Å². The highest BCUT2D eigenvalue weighted by Crippen LogP contribution is 2.40. The third-order valence-electron chi connectivity index (χ3n) is 4.39. The van der Waals surface area contributed by atoms with Gasteiger partial charge in [0, 0.05) is 0 Å². The minimum Gasteiger partial charge on any atom is -0.468 e. The lowest BCUT2D eigenvalue weighted by molar-refractivity contribution is -0.149. The summed E-state index contributed by atoms with van der Waals surface area (Å²) in [4.78, 5) is 12.1. The van der Waals surface area contributed by atoms with Crippen LogP contribution in [0.3, 0.4) is 0 Å². The van der Waals surface area contributed by atoms with E-state index in [4.69, 9.17) is 4.74 Å². The second kappa shape index (κ2) is 6.05. The Labute approximate surface area is 112 Å². The van der Waals surface area contributed by atoms with Gasteiger partial charge < -0.3 is 10.1 Å². The van der Waals surface area contributed by atoms with Crippen LogP contribution in [-0.2, 0) is 9.53 Å². The van der Waals surface area contributed by atoms with Gasteiger partial charge >= 0.3 is 5.97 Å². The smallest absolute Gasteiger partial charge is 0.326 e. The van der Waals surface area contributed by atoms with Crippen molar-refractivity contribution in [1.82, 2.24) is 5.32 Å². The van der Waals surface area contributed by atoms with Gasteiger partial charge in [-0.25, -0.2) is 0 Å². The molecule has 1 aliphatic rings. The number of nitrogens with one attached hydrogen (secondary N) is 1. The molecule has 1 saturated carbocycles. The number of carbonyl (C=O) groups excluding carboxylic acids is 1. The summed E-state index contributed by atoms with van der Waals surface area (Å²) in [5.74, 6) is 0.613. The second-order valence-electron chi connectivity index (χ2n) is 6.60. The molecule has 2 unspecified atom stereocenters. The van der Waals surface area contributed by atoms with Gasteiger partial charge in [0.2, 0.25) is 0 Å². The minimum absolute atomic E-state index is 0.0843. The zero-order valence-corrected chi connectivity index (χ0v) is 12.6. The number of ether oxygens (including phenoxy) is 1. The van der Waals surface area contributed by atoms with Crippen molar-refractivity contribution in [2.45, 2.75) is 65.3 Å². The number of likely N-dealkylation sites (N-methyl/N-ethyl adjacent to an activating group) is 1. The Bertz CT molecular complexity index is 283. The summed E-state index contributed by atoms with van der Waals surface area (Å²) < 4.78 is 5.02. The first kappa shape index (κ1) is 15.5. The Hall–Kier alpha value is -0.570. The van der Waals surface area contributed by atoms with E-state index in [2.05, 4.69) is 33.0 Å². The molecule has 0 spiro atoms. The Morgan fingerprint density at radius 1 is 1.33 bits per heavy atom. The Balaban J connectivity index is 2.81. The topological polar surface area (TPSA) is 38.3 Å². The summed E-state index contributed by atoms with van der Waals surface area (Å²) in [5.41, 5.74) is -0.109. The van der Waals surface area contributed by atoms with E-state index < -0.39 is 5.54 Å². The molecule has 1 aliphatic carbocycles. The molecule has 0 aromatic heterocycles. The van der Waals surface area contributed by atoms with Crippen LogP contribution in [0.5, 0.6) is 0 Å². The van der Waals surface area contributed by atoms with E-state index in [1.165, 1.54) is 13.5 Å². The molecule has 2 atom stereocenters. The van der Waals surface area contributed by atoms with Crippen molar-refractivity contribution in [3.63, 3.8) is 0 Å². The maximum Gasteiger partial charge on any atom is 0.326 e. The number of esters is 1. The highest BCUT2D eigenvalue weighted by atomic mass is 16.5. The number of methoxy groups -OCH3 is 1. The van der Waals surface area contributed by atoms with Crippen LogP contribution < -0.4 is 5.32 Å². The van der Waals surface area contributed by atoms with E-state index in [0.717, 1.165) is 32.2 Å². The highest BCUT2D eigenvalue weighted by molar-refractivity contribution is 5.80. The molecule has 0 heterocycles. The van der Waals surface area contributed by atoms with Gasteiger partial charge in [0.1, 0.15) is 5.54 Å². The Morgan fingerprint density at radius 3 is 2.50 bits per heavy atom. The van der Waals surface area contributed by atoms with Crippen LogP contribution in [0.1, 0.15) is 59.8 Å². The molecular weight excluding hydrogens is 226 g/mol. The van der Waals surface area contributed by atoms with Gasteiger partial charge in [0.05, 0.1) is 7.11 Å². The van der Waals surface area contributed by atoms with Crippen LogP contribution in [0.25, 0.3) is 0 Å². The molecule has 3 nitrogen and oxygen atoms in total. The molecule has 1 N–H and O–H groups in total. The molecule has 1 fully saturated rings. The molecule has 0 radical (unpaired) electrons. The molecule has 0 bridgehead atoms. The fraction of sp³-hybridized carbons (Fsp3) is 0.933. The standard InChI is InChI=1S/C15H29NO2/c1-6-16-15(13(17)18-5)10-7-8-12(9-11-15)14(2,3)4/h12,16H,6-11H2,1-5H3. The molecule has 0 aromatic rings. The predicted octanol–water partition coefficient (Wildman–Crippen LogP) is 3.13. The first-order valence-electron chi connectivity index (χ1n) is 7.19. The van der Waals surface area contributed by atoms with E-state index in [-0.39, 0.29) is 5.97 Å². The summed E-state index contributed by atoms with van der Waals surface area (Å²) >= 11 is 0. The Kier molecular flexibility index (Phi) is 5.20. The third-order valence-corrected chi connectivity index (χ3v) is 4.39. The minimum atomic E-state index is -0.441. The molecule has 0 amide bonds. The quantitative estimate of drug-likeness (QED) is 0.622. The van der Waals surface area contributed by atoms with Crippen LogP contribution >= 0.6 is 0 Å². The largest absolute Gasteiger partial charge is 0.468 e. The molecule has 106 valence electrons. The second-order valence-corrected chi connectivity index (χ2v) is 6.60. The summed E-state index contributed by atoms with van der Waals surface area (Å²) in [7, 11) is 1.49. The molecule has 0 aliphatic heterocycles. The maximum atomic E-state index is 12.1. The van der Waals surface area contributed by atoms with Gasteiger partial charge in [-0.3, -0.25) is 4.79 Å². The van der Waals surface area contributed by atoms with Gasteiger partial charge in [-0.15, -0.1) is 0 Å². The maximum absolute atomic E-state index is 12.1. The van der Waals surface area contributed by atoms with Gasteiger partial charge in [-0.2, -0.15) is 0 Å². The number of hydrogen-bond acceptors (Lipinski definition) is 3. The Morgan fingerprint density at radius 2 is 2.00 bits per heavy atom. The number of hydrogen-bond donors (Lipinski definition) is 1. The van der Waals surface area contributed by atoms with E-state index in [1.807, 2.05) is 0 Å². The lowest BCUT2D eigenvalue weighted by Gasteiger charge is -2.32. The zero-order valence-electron chi connectivity index (χ0n) is 12.6. The SMILES string of the molecule is CCNC1(C(=O)OC)CCCC(C(C)(C)C)CC1. The van der Waals surface area contributed by atoms with Crippen molar-refractivity contribution in [2.75, 3.05) is 13.7 Å². The van der Waals surface area contributed by atoms with E-state index >= 15 is 0 Å². The summed E-state index contributed by atoms with van der Waals surface area (Å²) in [6, 6.07) is 0. The van der Waals surface area contributed by atoms with Crippen molar-refractivity contribution < 1.29 is 9.53 Å². The van der Waals surface area contributed by atoms with Crippen molar-refractivity contribution >= 4 is 5.97 Å². The first-order chi connectivity index (χ1) is 8.35. The van der Waals surface area contributed by atoms with E-state index in [0.29, 0.717) is 11.3 Å². The van der Waals surface area contributed by atoms with Crippen molar-refractivity contribution in [3.8, 4) is 0 Å². The van der Waals surface area contributed by atoms with Crippen molar-refractivity contribution in [3.05, 3.63) is 0 Å². The monoisotopic (exact) mass is 255 g/mol. The lowest BCUT2D eigenvalue weighted by Crippen LogP contribution is -2.52. The summed E-state index contributed by atoms with van der Waals surface area (Å²) in [6.07, 6.45) is 5.22. The first-order valence-corrected chi connectivity index (χ1v) is 7.19. The summed E-state index contributed by atoms with van der Waals surface area (Å²) in [6.45, 7) is 9.77. The third kappa shape index (κ3) is 3.47. The normalized spacial score (nSPS) is 29.7. The molecule has 1 rings (SSSR count). The van der Waals surface area contributed by atoms with E-state index in [1.54, 1.807) is 0 Å². The molecule has 0 aromatic carbocycles. The average Bonchev–Trinajstić information content (AvgIpc) is 2.51. The highest BCUT2D eigenvalue weighted by Gasteiger charge is 2.41. The van der Waals surface area contributed by atoms with Crippen LogP contribution in [0, 0.1) is 11.3 Å². The summed E-state index contributed by atoms with van der Waals surface area (Å²) in [5, 5.41) is 3.39. The molecule has 3 heteroatoms. The molecule has 0 saturated heterocycles. The van der Waals surface area contributed by atoms with Crippen molar-refractivity contribution in [2.24, 2.45) is 11.3 Å². The van der Waals surface area contributed by atoms with Gasteiger partial charge in [0.15, 0.2) is 0 Å². The fourth-order valence-corrected chi connectivity index (χ4v) is 3.19. The van der Waals surface area contributed by atoms with Gasteiger partial charge in [-0.05, 0) is 43.6 Å². The number of carbonyl (C=O) groups is 1. The van der Waals surface area contributed by atoms with Gasteiger partial charge in [0.25, 0.3) is 0 Å². The lowest BCUT2D eigenvalue weighted by atomic mass is 9.76. The van der Waals surface area contributed by atoms with E-state index in [9.17, 15) is 4.79 Å². The predicted molar refractivity (Wildman–Crippen MR) is 74.5 cm³/mol. The number of rotatable bonds is 3. The molecular formula is C15H29NO2. The zero-order chi connectivity index (χ0) is 13.8. The van der Waals surface area contributed by atoms with Crippen LogP contribution in [0.15, 0.2) is 0 Å². The average molecular weight is 255 g/mol. The van der Waals surface area contributed by atoms with Crippen molar-refractivity contribution in [1.29, 1.82) is 0 Å². The van der Waals surface area contributed by atoms with Crippen LogP contribution in [0.2, 0.25) is 0 Å². The molecule has 18 heavy (non-hydrogen) atoms.